The monoisotopic (exact) mass is 467 g/mol. The average Bonchev–Trinajstić information content (AvgIpc) is 3.53. The van der Waals surface area contributed by atoms with Gasteiger partial charge in [-0.2, -0.15) is 4.98 Å². The lowest BCUT2D eigenvalue weighted by molar-refractivity contribution is -0.0447. The second kappa shape index (κ2) is 7.26. The first-order valence-corrected chi connectivity index (χ1v) is 10.5. The lowest BCUT2D eigenvalue weighted by atomic mass is 10.1. The van der Waals surface area contributed by atoms with Gasteiger partial charge in [-0.25, -0.2) is 18.2 Å². The highest BCUT2D eigenvalue weighted by molar-refractivity contribution is 5.84. The molecule has 8 nitrogen and oxygen atoms in total. The Morgan fingerprint density at radius 3 is 2.62 bits per heavy atom. The Labute approximate surface area is 189 Å². The van der Waals surface area contributed by atoms with Crippen molar-refractivity contribution in [3.63, 3.8) is 0 Å². The number of aromatic nitrogens is 5. The molecule has 4 heterocycles. The summed E-state index contributed by atoms with van der Waals surface area (Å²) in [5.41, 5.74) is -0.436. The number of fused-ring (bicyclic) bond motifs is 3. The normalized spacial score (nSPS) is 18.4. The standard InChI is InChI=1S/C23H16F3N5O3/c1-23(7-2-8-33-23)31-17-10-13(25)4-6-16(17)30-11-27-18(19(30)22(31)32)20-28-21(34-29-20)14-5-3-12(24)9-15(14)26/h3-6,9-11H,2,7-8H2,1H3. The molecular formula is C23H16F3N5O3. The largest absolute Gasteiger partial charge is 0.355 e. The molecule has 6 rings (SSSR count). The zero-order chi connectivity index (χ0) is 23.6. The maximum absolute atomic E-state index is 14.2. The van der Waals surface area contributed by atoms with Crippen molar-refractivity contribution in [2.45, 2.75) is 25.5 Å². The second-order valence-electron chi connectivity index (χ2n) is 8.26. The lowest BCUT2D eigenvalue weighted by Gasteiger charge is -2.28. The quantitative estimate of drug-likeness (QED) is 0.394. The second-order valence-corrected chi connectivity index (χ2v) is 8.26. The van der Waals surface area contributed by atoms with Gasteiger partial charge < -0.3 is 9.26 Å². The van der Waals surface area contributed by atoms with Gasteiger partial charge in [0.2, 0.25) is 5.82 Å². The minimum atomic E-state index is -0.980. The third-order valence-corrected chi connectivity index (χ3v) is 6.08. The number of ether oxygens (including phenoxy) is 1. The summed E-state index contributed by atoms with van der Waals surface area (Å²) in [6.45, 7) is 2.25. The molecule has 11 heteroatoms. The van der Waals surface area contributed by atoms with Crippen LogP contribution in [0, 0.1) is 17.5 Å². The Bertz CT molecular complexity index is 1650. The van der Waals surface area contributed by atoms with Crippen LogP contribution in [0.1, 0.15) is 19.8 Å². The van der Waals surface area contributed by atoms with Gasteiger partial charge in [0.25, 0.3) is 11.4 Å². The third kappa shape index (κ3) is 2.97. The molecule has 0 amide bonds. The summed E-state index contributed by atoms with van der Waals surface area (Å²) in [5, 5.41) is 3.87. The van der Waals surface area contributed by atoms with Gasteiger partial charge in [0.1, 0.15) is 40.7 Å². The highest BCUT2D eigenvalue weighted by atomic mass is 19.1. The Morgan fingerprint density at radius 2 is 1.85 bits per heavy atom. The van der Waals surface area contributed by atoms with Crippen molar-refractivity contribution in [1.29, 1.82) is 0 Å². The zero-order valence-electron chi connectivity index (χ0n) is 17.8. The van der Waals surface area contributed by atoms with E-state index in [1.165, 1.54) is 33.5 Å². The zero-order valence-corrected chi connectivity index (χ0v) is 17.8. The summed E-state index contributed by atoms with van der Waals surface area (Å²) < 4.78 is 55.7. The first-order chi connectivity index (χ1) is 16.4. The van der Waals surface area contributed by atoms with Gasteiger partial charge in [0.15, 0.2) is 0 Å². The molecule has 34 heavy (non-hydrogen) atoms. The Kier molecular flexibility index (Phi) is 4.40. The number of nitrogens with zero attached hydrogens (tertiary/aromatic N) is 5. The van der Waals surface area contributed by atoms with Crippen molar-refractivity contribution in [2.75, 3.05) is 6.61 Å². The first kappa shape index (κ1) is 20.6. The maximum Gasteiger partial charge on any atom is 0.280 e. The number of imidazole rings is 1. The molecular weight excluding hydrogens is 451 g/mol. The van der Waals surface area contributed by atoms with Gasteiger partial charge in [-0.15, -0.1) is 0 Å². The van der Waals surface area contributed by atoms with Crippen molar-refractivity contribution in [1.82, 2.24) is 24.1 Å². The number of benzene rings is 2. The van der Waals surface area contributed by atoms with Crippen LogP contribution in [0.4, 0.5) is 13.2 Å². The topological polar surface area (TPSA) is 87.5 Å². The molecule has 1 fully saturated rings. The molecule has 172 valence electrons. The molecule has 5 aromatic rings. The molecule has 1 atom stereocenters. The van der Waals surface area contributed by atoms with Crippen LogP contribution < -0.4 is 5.56 Å². The van der Waals surface area contributed by atoms with Crippen molar-refractivity contribution in [2.24, 2.45) is 0 Å². The van der Waals surface area contributed by atoms with E-state index in [4.69, 9.17) is 9.26 Å². The number of halogens is 3. The van der Waals surface area contributed by atoms with Gasteiger partial charge in [-0.05, 0) is 50.1 Å². The fourth-order valence-corrected chi connectivity index (χ4v) is 4.50. The van der Waals surface area contributed by atoms with Crippen LogP contribution in [-0.4, -0.2) is 30.7 Å². The van der Waals surface area contributed by atoms with Crippen LogP contribution in [0.5, 0.6) is 0 Å². The fraction of sp³-hybridized carbons (Fsp3) is 0.217. The number of hydrogen-bond acceptors (Lipinski definition) is 6. The van der Waals surface area contributed by atoms with Crippen LogP contribution in [0.3, 0.4) is 0 Å². The van der Waals surface area contributed by atoms with Gasteiger partial charge >= 0.3 is 0 Å². The SMILES string of the molecule is CC1(n2c(=O)c3c(-c4noc(-c5ccc(F)cc5F)n4)ncn3c3ccc(F)cc32)CCCO1. The van der Waals surface area contributed by atoms with E-state index in [2.05, 4.69) is 15.1 Å². The van der Waals surface area contributed by atoms with Crippen molar-refractivity contribution < 1.29 is 22.4 Å². The van der Waals surface area contributed by atoms with Crippen LogP contribution in [0.25, 0.3) is 39.5 Å². The number of hydrogen-bond donors (Lipinski definition) is 0. The molecule has 1 aliphatic rings. The van der Waals surface area contributed by atoms with E-state index < -0.39 is 28.7 Å². The summed E-state index contributed by atoms with van der Waals surface area (Å²) >= 11 is 0. The summed E-state index contributed by atoms with van der Waals surface area (Å²) in [5.74, 6) is -2.35. The molecule has 3 aromatic heterocycles. The molecule has 0 spiro atoms. The molecule has 0 aliphatic carbocycles. The summed E-state index contributed by atoms with van der Waals surface area (Å²) in [4.78, 5) is 22.3. The predicted molar refractivity (Wildman–Crippen MR) is 114 cm³/mol. The summed E-state index contributed by atoms with van der Waals surface area (Å²) in [6, 6.07) is 7.08. The summed E-state index contributed by atoms with van der Waals surface area (Å²) in [6.07, 6.45) is 2.71. The van der Waals surface area contributed by atoms with Gasteiger partial charge in [-0.1, -0.05) is 5.16 Å². The van der Waals surface area contributed by atoms with Crippen LogP contribution in [-0.2, 0) is 10.5 Å². The highest BCUT2D eigenvalue weighted by Gasteiger charge is 2.36. The van der Waals surface area contributed by atoms with E-state index in [1.54, 1.807) is 13.0 Å². The van der Waals surface area contributed by atoms with E-state index in [1.807, 2.05) is 0 Å². The first-order valence-electron chi connectivity index (χ1n) is 10.5. The maximum atomic E-state index is 14.2. The lowest BCUT2D eigenvalue weighted by Crippen LogP contribution is -2.39. The van der Waals surface area contributed by atoms with Crippen LogP contribution in [0.2, 0.25) is 0 Å². The Morgan fingerprint density at radius 1 is 1.06 bits per heavy atom. The minimum Gasteiger partial charge on any atom is -0.355 e. The van der Waals surface area contributed by atoms with E-state index in [0.717, 1.165) is 12.5 Å². The van der Waals surface area contributed by atoms with E-state index >= 15 is 0 Å². The summed E-state index contributed by atoms with van der Waals surface area (Å²) in [7, 11) is 0. The van der Waals surface area contributed by atoms with Crippen molar-refractivity contribution >= 4 is 16.6 Å². The van der Waals surface area contributed by atoms with E-state index in [-0.39, 0.29) is 28.5 Å². The molecule has 2 aromatic carbocycles. The highest BCUT2D eigenvalue weighted by Crippen LogP contribution is 2.34. The molecule has 0 radical (unpaired) electrons. The van der Waals surface area contributed by atoms with Crippen LogP contribution >= 0.6 is 0 Å². The Hall–Kier alpha value is -3.99. The Balaban J connectivity index is 1.61. The number of rotatable bonds is 3. The molecule has 1 saturated heterocycles. The van der Waals surface area contributed by atoms with E-state index in [0.29, 0.717) is 30.1 Å². The van der Waals surface area contributed by atoms with Crippen molar-refractivity contribution in [3.8, 4) is 23.0 Å². The molecule has 1 aliphatic heterocycles. The molecule has 1 unspecified atom stereocenters. The van der Waals surface area contributed by atoms with E-state index in [9.17, 15) is 18.0 Å². The molecule has 0 N–H and O–H groups in total. The van der Waals surface area contributed by atoms with Crippen LogP contribution in [0.15, 0.2) is 52.0 Å². The molecule has 0 bridgehead atoms. The molecule has 0 saturated carbocycles. The van der Waals surface area contributed by atoms with Gasteiger partial charge in [-0.3, -0.25) is 13.8 Å². The minimum absolute atomic E-state index is 0.0520. The fourth-order valence-electron chi connectivity index (χ4n) is 4.50. The van der Waals surface area contributed by atoms with Crippen molar-refractivity contribution in [3.05, 3.63) is 70.5 Å². The van der Waals surface area contributed by atoms with Gasteiger partial charge in [0.05, 0.1) is 16.6 Å². The smallest absolute Gasteiger partial charge is 0.280 e. The predicted octanol–water partition coefficient (Wildman–Crippen LogP) is 4.27. The van der Waals surface area contributed by atoms with Gasteiger partial charge in [0, 0.05) is 12.7 Å². The third-order valence-electron chi connectivity index (χ3n) is 6.08. The average molecular weight is 467 g/mol.